The SMILES string of the molecule is Cc1c(N)cc(C(=O)N[C@@H](C)CO)cc1F. The molecule has 0 aromatic heterocycles. The quantitative estimate of drug-likeness (QED) is 0.668. The number of rotatable bonds is 3. The standard InChI is InChI=1S/C11H15FN2O2/c1-6(5-15)14-11(16)8-3-9(12)7(2)10(13)4-8/h3-4,6,15H,5,13H2,1-2H3,(H,14,16)/t6-/m0/s1. The van der Waals surface area contributed by atoms with Crippen LogP contribution in [-0.4, -0.2) is 23.7 Å². The molecule has 1 aromatic rings. The third-order valence-electron chi connectivity index (χ3n) is 2.30. The van der Waals surface area contributed by atoms with Crippen molar-refractivity contribution in [3.05, 3.63) is 29.1 Å². The topological polar surface area (TPSA) is 75.4 Å². The van der Waals surface area contributed by atoms with E-state index in [0.29, 0.717) is 5.56 Å². The lowest BCUT2D eigenvalue weighted by Crippen LogP contribution is -2.35. The van der Waals surface area contributed by atoms with E-state index in [0.717, 1.165) is 6.07 Å². The zero-order valence-electron chi connectivity index (χ0n) is 9.25. The Labute approximate surface area is 93.3 Å². The number of amides is 1. The van der Waals surface area contributed by atoms with Crippen LogP contribution in [0, 0.1) is 12.7 Å². The Kier molecular flexibility index (Phi) is 3.84. The van der Waals surface area contributed by atoms with Crippen LogP contribution in [0.5, 0.6) is 0 Å². The maximum absolute atomic E-state index is 13.3. The number of aliphatic hydroxyl groups excluding tert-OH is 1. The Balaban J connectivity index is 2.93. The first kappa shape index (κ1) is 12.4. The molecule has 0 fully saturated rings. The highest BCUT2D eigenvalue weighted by Gasteiger charge is 2.12. The van der Waals surface area contributed by atoms with Crippen molar-refractivity contribution in [1.82, 2.24) is 5.32 Å². The van der Waals surface area contributed by atoms with Gasteiger partial charge in [-0.3, -0.25) is 4.79 Å². The van der Waals surface area contributed by atoms with Crippen molar-refractivity contribution in [2.24, 2.45) is 0 Å². The number of aliphatic hydroxyl groups is 1. The fourth-order valence-electron chi connectivity index (χ4n) is 1.18. The van der Waals surface area contributed by atoms with Gasteiger partial charge < -0.3 is 16.2 Å². The van der Waals surface area contributed by atoms with E-state index in [-0.39, 0.29) is 23.9 Å². The highest BCUT2D eigenvalue weighted by Crippen LogP contribution is 2.17. The fourth-order valence-corrected chi connectivity index (χ4v) is 1.18. The minimum atomic E-state index is -0.512. The number of carbonyl (C=O) groups is 1. The molecule has 0 radical (unpaired) electrons. The Morgan fingerprint density at radius 3 is 2.75 bits per heavy atom. The molecule has 5 heteroatoms. The maximum atomic E-state index is 13.3. The molecule has 1 amide bonds. The molecule has 1 atom stereocenters. The van der Waals surface area contributed by atoms with Gasteiger partial charge in [-0.15, -0.1) is 0 Å². The van der Waals surface area contributed by atoms with E-state index in [1.807, 2.05) is 0 Å². The summed E-state index contributed by atoms with van der Waals surface area (Å²) >= 11 is 0. The third-order valence-corrected chi connectivity index (χ3v) is 2.30. The zero-order valence-corrected chi connectivity index (χ0v) is 9.25. The summed E-state index contributed by atoms with van der Waals surface area (Å²) in [6.07, 6.45) is 0. The summed E-state index contributed by atoms with van der Waals surface area (Å²) in [5.41, 5.74) is 6.27. The van der Waals surface area contributed by atoms with Crippen LogP contribution in [0.25, 0.3) is 0 Å². The van der Waals surface area contributed by atoms with Gasteiger partial charge in [-0.2, -0.15) is 0 Å². The molecule has 1 rings (SSSR count). The summed E-state index contributed by atoms with van der Waals surface area (Å²) in [5, 5.41) is 11.3. The number of halogens is 1. The molecular weight excluding hydrogens is 211 g/mol. The molecule has 0 heterocycles. The van der Waals surface area contributed by atoms with E-state index in [4.69, 9.17) is 10.8 Å². The monoisotopic (exact) mass is 226 g/mol. The molecule has 0 saturated heterocycles. The zero-order chi connectivity index (χ0) is 12.3. The lowest BCUT2D eigenvalue weighted by molar-refractivity contribution is 0.0922. The highest BCUT2D eigenvalue weighted by molar-refractivity contribution is 5.95. The second kappa shape index (κ2) is 4.94. The van der Waals surface area contributed by atoms with Crippen LogP contribution in [0.1, 0.15) is 22.8 Å². The Bertz CT molecular complexity index is 384. The van der Waals surface area contributed by atoms with Gasteiger partial charge in [-0.05, 0) is 26.0 Å². The van der Waals surface area contributed by atoms with Gasteiger partial charge in [0.25, 0.3) is 5.91 Å². The van der Waals surface area contributed by atoms with E-state index >= 15 is 0 Å². The largest absolute Gasteiger partial charge is 0.398 e. The van der Waals surface area contributed by atoms with Crippen molar-refractivity contribution >= 4 is 11.6 Å². The molecule has 0 aliphatic carbocycles. The average Bonchev–Trinajstić information content (AvgIpc) is 2.24. The number of nitrogen functional groups attached to an aromatic ring is 1. The van der Waals surface area contributed by atoms with Crippen LogP contribution in [0.4, 0.5) is 10.1 Å². The van der Waals surface area contributed by atoms with Crippen LogP contribution in [0.15, 0.2) is 12.1 Å². The molecule has 1 aromatic carbocycles. The Morgan fingerprint density at radius 1 is 1.62 bits per heavy atom. The number of nitrogens with two attached hydrogens (primary N) is 1. The molecule has 0 bridgehead atoms. The number of hydrogen-bond acceptors (Lipinski definition) is 3. The molecular formula is C11H15FN2O2. The first-order valence-corrected chi connectivity index (χ1v) is 4.93. The summed E-state index contributed by atoms with van der Waals surface area (Å²) in [7, 11) is 0. The lowest BCUT2D eigenvalue weighted by atomic mass is 10.1. The second-order valence-electron chi connectivity index (χ2n) is 3.73. The summed E-state index contributed by atoms with van der Waals surface area (Å²) in [6.45, 7) is 3.02. The summed E-state index contributed by atoms with van der Waals surface area (Å²) in [6, 6.07) is 2.17. The van der Waals surface area contributed by atoms with Crippen molar-refractivity contribution in [2.75, 3.05) is 12.3 Å². The molecule has 0 unspecified atom stereocenters. The van der Waals surface area contributed by atoms with Crippen LogP contribution in [0.2, 0.25) is 0 Å². The fraction of sp³-hybridized carbons (Fsp3) is 0.364. The minimum Gasteiger partial charge on any atom is -0.398 e. The van der Waals surface area contributed by atoms with Gasteiger partial charge in [0.05, 0.1) is 6.61 Å². The summed E-state index contributed by atoms with van der Waals surface area (Å²) in [5.74, 6) is -0.964. The van der Waals surface area contributed by atoms with E-state index in [2.05, 4.69) is 5.32 Å². The van der Waals surface area contributed by atoms with Crippen molar-refractivity contribution < 1.29 is 14.3 Å². The Morgan fingerprint density at radius 2 is 2.25 bits per heavy atom. The van der Waals surface area contributed by atoms with Crippen LogP contribution >= 0.6 is 0 Å². The number of anilines is 1. The van der Waals surface area contributed by atoms with Gasteiger partial charge in [-0.25, -0.2) is 4.39 Å². The number of nitrogens with one attached hydrogen (secondary N) is 1. The molecule has 4 N–H and O–H groups in total. The van der Waals surface area contributed by atoms with Crippen LogP contribution in [0.3, 0.4) is 0 Å². The predicted octanol–water partition coefficient (Wildman–Crippen LogP) is 0.827. The highest BCUT2D eigenvalue weighted by atomic mass is 19.1. The van der Waals surface area contributed by atoms with Crippen molar-refractivity contribution in [3.63, 3.8) is 0 Å². The van der Waals surface area contributed by atoms with Crippen molar-refractivity contribution in [1.29, 1.82) is 0 Å². The van der Waals surface area contributed by atoms with Gasteiger partial charge in [-0.1, -0.05) is 0 Å². The molecule has 0 saturated carbocycles. The summed E-state index contributed by atoms with van der Waals surface area (Å²) in [4.78, 5) is 11.6. The predicted molar refractivity (Wildman–Crippen MR) is 59.6 cm³/mol. The number of carbonyl (C=O) groups excluding carboxylic acids is 1. The third kappa shape index (κ3) is 2.70. The van der Waals surface area contributed by atoms with Gasteiger partial charge in [0, 0.05) is 22.9 Å². The molecule has 16 heavy (non-hydrogen) atoms. The van der Waals surface area contributed by atoms with Crippen LogP contribution < -0.4 is 11.1 Å². The van der Waals surface area contributed by atoms with Crippen LogP contribution in [-0.2, 0) is 0 Å². The molecule has 4 nitrogen and oxygen atoms in total. The van der Waals surface area contributed by atoms with E-state index in [1.54, 1.807) is 13.8 Å². The van der Waals surface area contributed by atoms with E-state index < -0.39 is 11.7 Å². The smallest absolute Gasteiger partial charge is 0.251 e. The van der Waals surface area contributed by atoms with Gasteiger partial charge in [0.1, 0.15) is 5.82 Å². The van der Waals surface area contributed by atoms with Crippen molar-refractivity contribution in [2.45, 2.75) is 19.9 Å². The molecule has 0 aliphatic heterocycles. The van der Waals surface area contributed by atoms with E-state index in [1.165, 1.54) is 6.07 Å². The van der Waals surface area contributed by atoms with Gasteiger partial charge in [0.15, 0.2) is 0 Å². The molecule has 88 valence electrons. The second-order valence-corrected chi connectivity index (χ2v) is 3.73. The van der Waals surface area contributed by atoms with E-state index in [9.17, 15) is 9.18 Å². The van der Waals surface area contributed by atoms with Crippen molar-refractivity contribution in [3.8, 4) is 0 Å². The Hall–Kier alpha value is -1.62. The average molecular weight is 226 g/mol. The number of hydrogen-bond donors (Lipinski definition) is 3. The van der Waals surface area contributed by atoms with Gasteiger partial charge >= 0.3 is 0 Å². The van der Waals surface area contributed by atoms with Gasteiger partial charge in [0.2, 0.25) is 0 Å². The lowest BCUT2D eigenvalue weighted by Gasteiger charge is -2.12. The summed E-state index contributed by atoms with van der Waals surface area (Å²) < 4.78 is 13.3. The number of benzene rings is 1. The maximum Gasteiger partial charge on any atom is 0.251 e. The normalized spacial score (nSPS) is 12.2. The first-order valence-electron chi connectivity index (χ1n) is 4.93. The first-order chi connectivity index (χ1) is 7.45. The molecule has 0 spiro atoms. The minimum absolute atomic E-state index is 0.154. The molecule has 0 aliphatic rings.